The Labute approximate surface area is 150 Å². The van der Waals surface area contributed by atoms with Crippen molar-refractivity contribution in [3.63, 3.8) is 0 Å². The first kappa shape index (κ1) is 18.4. The standard InChI is InChI=1S/C21H20F3NO/c1-14-8-10-15(11-9-14)20(26)13-18(21(22,23)24)16-5-4-6-17(16)19-7-2-3-12-25-19/h2-3,7-12,18H,4-6,13H2,1H3. The van der Waals surface area contributed by atoms with Gasteiger partial charge in [-0.25, -0.2) is 0 Å². The van der Waals surface area contributed by atoms with E-state index >= 15 is 0 Å². The summed E-state index contributed by atoms with van der Waals surface area (Å²) < 4.78 is 41.4. The summed E-state index contributed by atoms with van der Waals surface area (Å²) in [6, 6.07) is 11.9. The number of alkyl halides is 3. The minimum Gasteiger partial charge on any atom is -0.294 e. The van der Waals surface area contributed by atoms with Crippen molar-refractivity contribution >= 4 is 11.4 Å². The highest BCUT2D eigenvalue weighted by molar-refractivity contribution is 5.96. The maximum absolute atomic E-state index is 13.8. The Balaban J connectivity index is 1.93. The second kappa shape index (κ2) is 7.44. The molecule has 1 aliphatic rings. The third-order valence-corrected chi connectivity index (χ3v) is 4.81. The van der Waals surface area contributed by atoms with Gasteiger partial charge in [0.25, 0.3) is 0 Å². The summed E-state index contributed by atoms with van der Waals surface area (Å²) in [4.78, 5) is 16.7. The smallest absolute Gasteiger partial charge is 0.294 e. The lowest BCUT2D eigenvalue weighted by molar-refractivity contribution is -0.163. The van der Waals surface area contributed by atoms with Crippen LogP contribution >= 0.6 is 0 Å². The van der Waals surface area contributed by atoms with Gasteiger partial charge in [0.05, 0.1) is 11.6 Å². The third kappa shape index (κ3) is 4.03. The predicted molar refractivity (Wildman–Crippen MR) is 94.7 cm³/mol. The highest BCUT2D eigenvalue weighted by Gasteiger charge is 2.45. The summed E-state index contributed by atoms with van der Waals surface area (Å²) >= 11 is 0. The van der Waals surface area contributed by atoms with Crippen molar-refractivity contribution < 1.29 is 18.0 Å². The number of carbonyl (C=O) groups excluding carboxylic acids is 1. The first-order valence-corrected chi connectivity index (χ1v) is 8.66. The molecule has 1 aromatic carbocycles. The first-order chi connectivity index (χ1) is 12.4. The van der Waals surface area contributed by atoms with Gasteiger partial charge in [-0.2, -0.15) is 13.2 Å². The predicted octanol–water partition coefficient (Wildman–Crippen LogP) is 5.78. The summed E-state index contributed by atoms with van der Waals surface area (Å²) in [6.45, 7) is 1.87. The number of aromatic nitrogens is 1. The molecule has 136 valence electrons. The van der Waals surface area contributed by atoms with Crippen molar-refractivity contribution in [2.45, 2.75) is 38.8 Å². The van der Waals surface area contributed by atoms with E-state index in [0.29, 0.717) is 41.7 Å². The zero-order valence-electron chi connectivity index (χ0n) is 14.5. The highest BCUT2D eigenvalue weighted by Crippen LogP contribution is 2.45. The summed E-state index contributed by atoms with van der Waals surface area (Å²) in [7, 11) is 0. The SMILES string of the molecule is Cc1ccc(C(=O)CC(C2=C(c3ccccn3)CCC2)C(F)(F)F)cc1. The molecule has 0 N–H and O–H groups in total. The van der Waals surface area contributed by atoms with Crippen molar-refractivity contribution in [2.75, 3.05) is 0 Å². The number of hydrogen-bond donors (Lipinski definition) is 0. The molecule has 0 radical (unpaired) electrons. The van der Waals surface area contributed by atoms with Crippen molar-refractivity contribution in [2.24, 2.45) is 5.92 Å². The van der Waals surface area contributed by atoms with E-state index in [1.807, 2.05) is 6.92 Å². The molecule has 3 rings (SSSR count). The van der Waals surface area contributed by atoms with E-state index in [2.05, 4.69) is 4.98 Å². The van der Waals surface area contributed by atoms with Gasteiger partial charge in [0.1, 0.15) is 0 Å². The van der Waals surface area contributed by atoms with Crippen LogP contribution in [0.3, 0.4) is 0 Å². The Bertz CT molecular complexity index is 807. The van der Waals surface area contributed by atoms with Crippen LogP contribution in [-0.4, -0.2) is 16.9 Å². The van der Waals surface area contributed by atoms with Crippen LogP contribution in [0.5, 0.6) is 0 Å². The minimum atomic E-state index is -4.46. The molecule has 0 bridgehead atoms. The summed E-state index contributed by atoms with van der Waals surface area (Å²) in [6.07, 6.45) is -1.85. The molecule has 2 aromatic rings. The topological polar surface area (TPSA) is 30.0 Å². The van der Waals surface area contributed by atoms with Crippen molar-refractivity contribution in [1.82, 2.24) is 4.98 Å². The number of carbonyl (C=O) groups is 1. The second-order valence-electron chi connectivity index (χ2n) is 6.66. The molecule has 1 atom stereocenters. The number of benzene rings is 1. The lowest BCUT2D eigenvalue weighted by Crippen LogP contribution is -2.27. The molecule has 0 saturated heterocycles. The van der Waals surface area contributed by atoms with Gasteiger partial charge in [0.2, 0.25) is 0 Å². The quantitative estimate of drug-likeness (QED) is 0.634. The van der Waals surface area contributed by atoms with E-state index in [4.69, 9.17) is 0 Å². The van der Waals surface area contributed by atoms with Gasteiger partial charge in [0, 0.05) is 18.2 Å². The monoisotopic (exact) mass is 359 g/mol. The van der Waals surface area contributed by atoms with E-state index in [-0.39, 0.29) is 0 Å². The van der Waals surface area contributed by atoms with Crippen LogP contribution in [0.4, 0.5) is 13.2 Å². The van der Waals surface area contributed by atoms with E-state index in [1.54, 1.807) is 48.7 Å². The number of ketones is 1. The number of pyridine rings is 1. The molecule has 0 spiro atoms. The fraction of sp³-hybridized carbons (Fsp3) is 0.333. The fourth-order valence-electron chi connectivity index (χ4n) is 3.46. The van der Waals surface area contributed by atoms with Gasteiger partial charge in [0.15, 0.2) is 5.78 Å². The number of Topliss-reactive ketones (excluding diaryl/α,β-unsaturated/α-hetero) is 1. The molecular formula is C21H20F3NO. The van der Waals surface area contributed by atoms with Crippen molar-refractivity contribution in [1.29, 1.82) is 0 Å². The number of nitrogens with zero attached hydrogens (tertiary/aromatic N) is 1. The van der Waals surface area contributed by atoms with Crippen LogP contribution in [0, 0.1) is 12.8 Å². The molecular weight excluding hydrogens is 339 g/mol. The molecule has 0 amide bonds. The molecule has 0 aliphatic heterocycles. The lowest BCUT2D eigenvalue weighted by Gasteiger charge is -2.23. The molecule has 2 nitrogen and oxygen atoms in total. The number of allylic oxidation sites excluding steroid dienone is 2. The van der Waals surface area contributed by atoms with Crippen LogP contribution in [0.1, 0.15) is 47.3 Å². The Hall–Kier alpha value is -2.43. The molecule has 1 aromatic heterocycles. The molecule has 0 saturated carbocycles. The van der Waals surface area contributed by atoms with E-state index < -0.39 is 24.3 Å². The van der Waals surface area contributed by atoms with Crippen LogP contribution in [-0.2, 0) is 0 Å². The molecule has 1 heterocycles. The largest absolute Gasteiger partial charge is 0.395 e. The van der Waals surface area contributed by atoms with E-state index in [1.165, 1.54) is 0 Å². The van der Waals surface area contributed by atoms with Crippen molar-refractivity contribution in [3.05, 3.63) is 71.1 Å². The third-order valence-electron chi connectivity index (χ3n) is 4.81. The average Bonchev–Trinajstić information content (AvgIpc) is 3.09. The number of hydrogen-bond acceptors (Lipinski definition) is 2. The van der Waals surface area contributed by atoms with Gasteiger partial charge < -0.3 is 0 Å². The van der Waals surface area contributed by atoms with Gasteiger partial charge in [-0.1, -0.05) is 41.5 Å². The molecule has 26 heavy (non-hydrogen) atoms. The van der Waals surface area contributed by atoms with Crippen LogP contribution in [0.15, 0.2) is 54.2 Å². The van der Waals surface area contributed by atoms with Gasteiger partial charge >= 0.3 is 6.18 Å². The molecule has 1 aliphatic carbocycles. The lowest BCUT2D eigenvalue weighted by atomic mass is 9.87. The maximum atomic E-state index is 13.8. The van der Waals surface area contributed by atoms with E-state index in [0.717, 1.165) is 5.56 Å². The number of aryl methyl sites for hydroxylation is 1. The van der Waals surface area contributed by atoms with Crippen molar-refractivity contribution in [3.8, 4) is 0 Å². The Morgan fingerprint density at radius 3 is 2.46 bits per heavy atom. The molecule has 1 unspecified atom stereocenters. The average molecular weight is 359 g/mol. The normalized spacial score (nSPS) is 16.0. The molecule has 5 heteroatoms. The summed E-state index contributed by atoms with van der Waals surface area (Å²) in [5.74, 6) is -2.23. The van der Waals surface area contributed by atoms with Gasteiger partial charge in [-0.3, -0.25) is 9.78 Å². The number of rotatable bonds is 5. The highest BCUT2D eigenvalue weighted by atomic mass is 19.4. The van der Waals surface area contributed by atoms with Gasteiger partial charge in [-0.15, -0.1) is 0 Å². The Kier molecular flexibility index (Phi) is 5.25. The van der Waals surface area contributed by atoms with Crippen LogP contribution < -0.4 is 0 Å². The maximum Gasteiger partial charge on any atom is 0.395 e. The second-order valence-corrected chi connectivity index (χ2v) is 6.66. The fourth-order valence-corrected chi connectivity index (χ4v) is 3.46. The van der Waals surface area contributed by atoms with Crippen LogP contribution in [0.2, 0.25) is 0 Å². The number of halogens is 3. The minimum absolute atomic E-state index is 0.316. The van der Waals surface area contributed by atoms with Gasteiger partial charge in [-0.05, 0) is 43.9 Å². The zero-order chi connectivity index (χ0) is 18.7. The summed E-state index contributed by atoms with van der Waals surface area (Å²) in [5, 5.41) is 0. The Morgan fingerprint density at radius 2 is 1.85 bits per heavy atom. The first-order valence-electron chi connectivity index (χ1n) is 8.66. The summed E-state index contributed by atoms with van der Waals surface area (Å²) in [5.41, 5.74) is 2.83. The van der Waals surface area contributed by atoms with Crippen LogP contribution in [0.25, 0.3) is 5.57 Å². The Morgan fingerprint density at radius 1 is 1.12 bits per heavy atom. The van der Waals surface area contributed by atoms with E-state index in [9.17, 15) is 18.0 Å². The zero-order valence-corrected chi connectivity index (χ0v) is 14.5. The molecule has 0 fully saturated rings.